The van der Waals surface area contributed by atoms with Crippen molar-refractivity contribution < 1.29 is 46.9 Å². The number of nitrogens with one attached hydrogen (secondary N) is 2. The first-order chi connectivity index (χ1) is 33.1. The summed E-state index contributed by atoms with van der Waals surface area (Å²) >= 11 is 7.19. The number of thiocarbonyl (C=S) groups is 1. The maximum absolute atomic E-state index is 14.0. The van der Waals surface area contributed by atoms with E-state index in [2.05, 4.69) is 15.6 Å². The molecule has 2 fully saturated rings. The molecule has 0 aliphatic carbocycles. The number of nitriles is 1. The zero-order valence-electron chi connectivity index (χ0n) is 40.2. The second kappa shape index (κ2) is 22.9. The van der Waals surface area contributed by atoms with Crippen molar-refractivity contribution in [1.82, 2.24) is 20.5 Å². The second-order valence-corrected chi connectivity index (χ2v) is 20.3. The molecule has 3 aromatic carbocycles. The fourth-order valence-corrected chi connectivity index (χ4v) is 9.76. The van der Waals surface area contributed by atoms with Crippen LogP contribution in [0.15, 0.2) is 72.2 Å². The van der Waals surface area contributed by atoms with E-state index in [1.165, 1.54) is 11.0 Å². The molecule has 4 amide bonds. The molecular formula is C51H60F3N7O7S2. The molecule has 374 valence electrons. The van der Waals surface area contributed by atoms with Crippen molar-refractivity contribution in [3.05, 3.63) is 94.6 Å². The Balaban J connectivity index is 0.867. The Labute approximate surface area is 416 Å². The SMILES string of the molecule is Cc1ncsc1-c1ccc(CNC(=O)[C@@H]2C[C@@H](O)CN2C(=O)[C@@H](NC(=O)CCCCOCCCCCOc2ccc(N3C(=S)N(c4ccc(C#N)c(C(F)(F)F)c4)C(=O)C3(C)C)cc2)C(C)(C)C)cc1. The summed E-state index contributed by atoms with van der Waals surface area (Å²) < 4.78 is 52.8. The average Bonchev–Trinajstić information content (AvgIpc) is 3.98. The number of hydrogen-bond donors (Lipinski definition) is 3. The number of amides is 4. The average molecular weight is 1000 g/mol. The highest BCUT2D eigenvalue weighted by molar-refractivity contribution is 7.81. The lowest BCUT2D eigenvalue weighted by atomic mass is 9.85. The lowest BCUT2D eigenvalue weighted by molar-refractivity contribution is -0.144. The van der Waals surface area contributed by atoms with E-state index >= 15 is 0 Å². The molecule has 0 bridgehead atoms. The fraction of sp³-hybridized carbons (Fsp3) is 0.471. The third-order valence-corrected chi connectivity index (χ3v) is 13.6. The zero-order valence-corrected chi connectivity index (χ0v) is 41.9. The van der Waals surface area contributed by atoms with Crippen LogP contribution in [0, 0.1) is 23.7 Å². The van der Waals surface area contributed by atoms with E-state index in [1.807, 2.05) is 52.0 Å². The largest absolute Gasteiger partial charge is 0.494 e. The van der Waals surface area contributed by atoms with Crippen LogP contribution >= 0.6 is 23.6 Å². The summed E-state index contributed by atoms with van der Waals surface area (Å²) in [5.74, 6) is -0.982. The second-order valence-electron chi connectivity index (χ2n) is 19.1. The number of likely N-dealkylation sites (tertiary alicyclic amines) is 1. The van der Waals surface area contributed by atoms with Crippen LogP contribution in [-0.4, -0.2) is 93.8 Å². The molecule has 0 spiro atoms. The van der Waals surface area contributed by atoms with Gasteiger partial charge in [-0.25, -0.2) is 4.98 Å². The minimum Gasteiger partial charge on any atom is -0.494 e. The maximum Gasteiger partial charge on any atom is 0.417 e. The molecule has 3 atom stereocenters. The van der Waals surface area contributed by atoms with Crippen molar-refractivity contribution in [2.75, 3.05) is 36.2 Å². The fourth-order valence-electron chi connectivity index (χ4n) is 8.43. The number of carbonyl (C=O) groups excluding carboxylic acids is 4. The number of halogens is 3. The number of aliphatic hydroxyl groups excluding tert-OH is 1. The van der Waals surface area contributed by atoms with Gasteiger partial charge in [0, 0.05) is 44.8 Å². The van der Waals surface area contributed by atoms with Crippen molar-refractivity contribution in [3.63, 3.8) is 0 Å². The third-order valence-electron chi connectivity index (χ3n) is 12.3. The number of carbonyl (C=O) groups is 4. The number of unbranched alkanes of at least 4 members (excludes halogenated alkanes) is 3. The van der Waals surface area contributed by atoms with Crippen LogP contribution in [0.5, 0.6) is 5.75 Å². The number of anilines is 2. The number of benzene rings is 3. The molecule has 6 rings (SSSR count). The number of nitrogens with zero attached hydrogens (tertiary/aromatic N) is 5. The van der Waals surface area contributed by atoms with E-state index in [9.17, 15) is 42.7 Å². The van der Waals surface area contributed by atoms with Crippen molar-refractivity contribution in [2.24, 2.45) is 5.41 Å². The normalized spacial score (nSPS) is 17.4. The van der Waals surface area contributed by atoms with E-state index in [0.29, 0.717) is 44.1 Å². The molecule has 14 nitrogen and oxygen atoms in total. The van der Waals surface area contributed by atoms with E-state index < -0.39 is 58.3 Å². The van der Waals surface area contributed by atoms with Gasteiger partial charge in [-0.1, -0.05) is 45.0 Å². The van der Waals surface area contributed by atoms with Crippen LogP contribution in [-0.2, 0) is 36.6 Å². The maximum atomic E-state index is 14.0. The Hall–Kier alpha value is -5.94. The molecule has 2 aliphatic heterocycles. The summed E-state index contributed by atoms with van der Waals surface area (Å²) in [5.41, 5.74) is 1.58. The van der Waals surface area contributed by atoms with Gasteiger partial charge in [0.15, 0.2) is 5.11 Å². The number of alkyl halides is 3. The van der Waals surface area contributed by atoms with Crippen LogP contribution < -0.4 is 25.2 Å². The highest BCUT2D eigenvalue weighted by Gasteiger charge is 2.51. The highest BCUT2D eigenvalue weighted by atomic mass is 32.1. The number of aryl methyl sites for hydroxylation is 1. The first-order valence-corrected chi connectivity index (χ1v) is 24.6. The molecule has 3 heterocycles. The van der Waals surface area contributed by atoms with Crippen molar-refractivity contribution in [3.8, 4) is 22.3 Å². The van der Waals surface area contributed by atoms with E-state index in [0.717, 1.165) is 58.0 Å². The van der Waals surface area contributed by atoms with Gasteiger partial charge in [-0.2, -0.15) is 18.4 Å². The first-order valence-electron chi connectivity index (χ1n) is 23.3. The number of thiazole rings is 1. The predicted octanol–water partition coefficient (Wildman–Crippen LogP) is 8.47. The molecule has 3 N–H and O–H groups in total. The standard InChI is InChI=1S/C51H60F3N7O7S2/c1-32-43(70-31-57-32)34-15-13-33(14-16-34)29-56-45(64)41-27-38(62)30-59(41)46(65)44(49(2,3)4)58-42(63)12-8-11-24-67-23-9-7-10-25-68-39-21-19-36(20-22-39)61-48(69)60(47(66)50(61,5)6)37-18-17-35(28-55)40(26-37)51(52,53)54/h13-22,26,31,38,41,44,62H,7-12,23-25,27,29-30H2,1-6H3,(H,56,64)(H,58,63)/t38-,41+,44-/m1/s1. The minimum atomic E-state index is -4.80. The molecular weight excluding hydrogens is 944 g/mol. The van der Waals surface area contributed by atoms with Gasteiger partial charge < -0.3 is 35.0 Å². The number of rotatable bonds is 20. The smallest absolute Gasteiger partial charge is 0.417 e. The van der Waals surface area contributed by atoms with Gasteiger partial charge >= 0.3 is 6.18 Å². The van der Waals surface area contributed by atoms with E-state index in [4.69, 9.17) is 21.7 Å². The summed E-state index contributed by atoms with van der Waals surface area (Å²) in [6.07, 6.45) is -1.75. The lowest BCUT2D eigenvalue weighted by Gasteiger charge is -2.35. The Morgan fingerprint density at radius 2 is 1.63 bits per heavy atom. The molecule has 1 aromatic heterocycles. The number of β-amino-alcohol motifs (C(OH)–C–C–N with tert-alkyl or cyclic N) is 1. The Morgan fingerprint density at radius 3 is 2.26 bits per heavy atom. The minimum absolute atomic E-state index is 0.00303. The Morgan fingerprint density at radius 1 is 0.971 bits per heavy atom. The van der Waals surface area contributed by atoms with Crippen LogP contribution in [0.4, 0.5) is 24.5 Å². The van der Waals surface area contributed by atoms with Gasteiger partial charge in [0.2, 0.25) is 17.7 Å². The Bertz CT molecular complexity index is 2560. The molecule has 4 aromatic rings. The lowest BCUT2D eigenvalue weighted by Crippen LogP contribution is -2.57. The van der Waals surface area contributed by atoms with Gasteiger partial charge in [-0.3, -0.25) is 24.1 Å². The highest BCUT2D eigenvalue weighted by Crippen LogP contribution is 2.40. The van der Waals surface area contributed by atoms with Gasteiger partial charge in [0.05, 0.1) is 51.7 Å². The molecule has 2 aliphatic rings. The molecule has 19 heteroatoms. The summed E-state index contributed by atoms with van der Waals surface area (Å²) in [6.45, 7) is 12.5. The number of aromatic nitrogens is 1. The van der Waals surface area contributed by atoms with Gasteiger partial charge in [0.1, 0.15) is 23.4 Å². The van der Waals surface area contributed by atoms with Crippen molar-refractivity contribution in [2.45, 2.75) is 123 Å². The molecule has 2 saturated heterocycles. The number of hydrogen-bond acceptors (Lipinski definition) is 11. The van der Waals surface area contributed by atoms with Crippen molar-refractivity contribution >= 4 is 63.7 Å². The van der Waals surface area contributed by atoms with E-state index in [1.54, 1.807) is 65.9 Å². The van der Waals surface area contributed by atoms with Crippen LogP contribution in [0.25, 0.3) is 10.4 Å². The topological polar surface area (TPSA) is 177 Å². The summed E-state index contributed by atoms with van der Waals surface area (Å²) in [7, 11) is 0. The Kier molecular flexibility index (Phi) is 17.4. The molecule has 70 heavy (non-hydrogen) atoms. The predicted molar refractivity (Wildman–Crippen MR) is 265 cm³/mol. The van der Waals surface area contributed by atoms with Crippen molar-refractivity contribution in [1.29, 1.82) is 5.26 Å². The van der Waals surface area contributed by atoms with Crippen LogP contribution in [0.3, 0.4) is 0 Å². The molecule has 0 unspecified atom stereocenters. The van der Waals surface area contributed by atoms with Gasteiger partial charge in [0.25, 0.3) is 5.91 Å². The third kappa shape index (κ3) is 12.9. The summed E-state index contributed by atoms with van der Waals surface area (Å²) in [6, 6.07) is 17.6. The number of aliphatic hydroxyl groups is 1. The van der Waals surface area contributed by atoms with Crippen LogP contribution in [0.2, 0.25) is 0 Å². The molecule has 0 radical (unpaired) electrons. The van der Waals surface area contributed by atoms with Crippen LogP contribution in [0.1, 0.15) is 102 Å². The summed E-state index contributed by atoms with van der Waals surface area (Å²) in [5, 5.41) is 25.6. The quantitative estimate of drug-likeness (QED) is 0.0572. The monoisotopic (exact) mass is 1000 g/mol. The van der Waals surface area contributed by atoms with Gasteiger partial charge in [-0.05, 0) is 124 Å². The molecule has 0 saturated carbocycles. The van der Waals surface area contributed by atoms with E-state index in [-0.39, 0.29) is 48.5 Å². The zero-order chi connectivity index (χ0) is 51.0. The summed E-state index contributed by atoms with van der Waals surface area (Å²) in [4.78, 5) is 63.5. The number of ether oxygens (including phenoxy) is 2. The van der Waals surface area contributed by atoms with Gasteiger partial charge in [-0.15, -0.1) is 11.3 Å². The first kappa shape index (κ1) is 53.4.